The Labute approximate surface area is 128 Å². The van der Waals surface area contributed by atoms with E-state index >= 15 is 0 Å². The molecule has 0 bridgehead atoms. The van der Waals surface area contributed by atoms with E-state index in [1.807, 2.05) is 33.8 Å². The van der Waals surface area contributed by atoms with Crippen molar-refractivity contribution in [3.05, 3.63) is 28.8 Å². The van der Waals surface area contributed by atoms with E-state index in [1.54, 1.807) is 10.4 Å². The Morgan fingerprint density at radius 2 is 1.86 bits per heavy atom. The van der Waals surface area contributed by atoms with E-state index in [4.69, 9.17) is 5.73 Å². The van der Waals surface area contributed by atoms with Gasteiger partial charge in [-0.1, -0.05) is 6.07 Å². The molecule has 5 heteroatoms. The van der Waals surface area contributed by atoms with Crippen LogP contribution in [0.5, 0.6) is 0 Å². The molecule has 1 aliphatic carbocycles. The van der Waals surface area contributed by atoms with Gasteiger partial charge in [-0.25, -0.2) is 8.42 Å². The third-order valence-electron chi connectivity index (χ3n) is 4.15. The standard InChI is InChI=1S/C16H26N2O2S/c1-11(2)18(10-14-5-6-14)21(19,20)16-8-15(9-17)12(3)7-13(16)4/h7-8,11,14H,5-6,9-10,17H2,1-4H3. The van der Waals surface area contributed by atoms with Gasteiger partial charge >= 0.3 is 0 Å². The second kappa shape index (κ2) is 6.07. The van der Waals surface area contributed by atoms with Gasteiger partial charge in [-0.3, -0.25) is 0 Å². The summed E-state index contributed by atoms with van der Waals surface area (Å²) >= 11 is 0. The first-order chi connectivity index (χ1) is 9.77. The lowest BCUT2D eigenvalue weighted by Gasteiger charge is -2.27. The van der Waals surface area contributed by atoms with E-state index in [1.165, 1.54) is 0 Å². The summed E-state index contributed by atoms with van der Waals surface area (Å²) in [6.45, 7) is 8.69. The maximum Gasteiger partial charge on any atom is 0.243 e. The van der Waals surface area contributed by atoms with Crippen molar-refractivity contribution in [3.8, 4) is 0 Å². The number of rotatable bonds is 6. The lowest BCUT2D eigenvalue weighted by atomic mass is 10.1. The second-order valence-electron chi connectivity index (χ2n) is 6.36. The minimum Gasteiger partial charge on any atom is -0.326 e. The topological polar surface area (TPSA) is 63.4 Å². The number of benzene rings is 1. The minimum atomic E-state index is -3.46. The molecule has 0 spiro atoms. The predicted molar refractivity (Wildman–Crippen MR) is 85.6 cm³/mol. The van der Waals surface area contributed by atoms with Crippen molar-refractivity contribution in [2.45, 2.75) is 58.0 Å². The third kappa shape index (κ3) is 3.47. The zero-order valence-electron chi connectivity index (χ0n) is 13.4. The van der Waals surface area contributed by atoms with Crippen LogP contribution >= 0.6 is 0 Å². The fourth-order valence-corrected chi connectivity index (χ4v) is 4.61. The molecule has 1 fully saturated rings. The number of nitrogens with zero attached hydrogens (tertiary/aromatic N) is 1. The van der Waals surface area contributed by atoms with Gasteiger partial charge in [-0.05, 0) is 69.2 Å². The Bertz CT molecular complexity index is 619. The smallest absolute Gasteiger partial charge is 0.243 e. The van der Waals surface area contributed by atoms with Gasteiger partial charge in [0, 0.05) is 19.1 Å². The largest absolute Gasteiger partial charge is 0.326 e. The SMILES string of the molecule is Cc1cc(C)c(S(=O)(=O)N(CC2CC2)C(C)C)cc1CN. The van der Waals surface area contributed by atoms with Crippen LogP contribution in [0.2, 0.25) is 0 Å². The van der Waals surface area contributed by atoms with Crippen LogP contribution < -0.4 is 5.73 Å². The van der Waals surface area contributed by atoms with E-state index in [2.05, 4.69) is 0 Å². The Morgan fingerprint density at radius 3 is 2.33 bits per heavy atom. The molecule has 0 heterocycles. The number of nitrogens with two attached hydrogens (primary N) is 1. The zero-order valence-corrected chi connectivity index (χ0v) is 14.2. The summed E-state index contributed by atoms with van der Waals surface area (Å²) < 4.78 is 27.7. The number of sulfonamides is 1. The van der Waals surface area contributed by atoms with Crippen LogP contribution in [-0.2, 0) is 16.6 Å². The van der Waals surface area contributed by atoms with Crippen molar-refractivity contribution in [3.63, 3.8) is 0 Å². The molecule has 0 unspecified atom stereocenters. The molecule has 0 aliphatic heterocycles. The van der Waals surface area contributed by atoms with Gasteiger partial charge in [0.05, 0.1) is 4.90 Å². The molecule has 2 N–H and O–H groups in total. The van der Waals surface area contributed by atoms with Gasteiger partial charge in [-0.2, -0.15) is 4.31 Å². The first-order valence-corrected chi connectivity index (χ1v) is 9.03. The van der Waals surface area contributed by atoms with Gasteiger partial charge in [0.2, 0.25) is 10.0 Å². The lowest BCUT2D eigenvalue weighted by Crippen LogP contribution is -2.38. The van der Waals surface area contributed by atoms with E-state index < -0.39 is 10.0 Å². The highest BCUT2D eigenvalue weighted by Crippen LogP contribution is 2.33. The summed E-state index contributed by atoms with van der Waals surface area (Å²) in [6.07, 6.45) is 2.28. The molecular formula is C16H26N2O2S. The maximum atomic E-state index is 13.0. The molecule has 4 nitrogen and oxygen atoms in total. The fourth-order valence-electron chi connectivity index (χ4n) is 2.64. The van der Waals surface area contributed by atoms with Gasteiger partial charge in [-0.15, -0.1) is 0 Å². The molecule has 0 saturated heterocycles. The Balaban J connectivity index is 2.45. The van der Waals surface area contributed by atoms with Crippen molar-refractivity contribution in [2.75, 3.05) is 6.54 Å². The highest BCUT2D eigenvalue weighted by Gasteiger charge is 2.34. The summed E-state index contributed by atoms with van der Waals surface area (Å²) in [4.78, 5) is 0.405. The number of hydrogen-bond acceptors (Lipinski definition) is 3. The molecule has 21 heavy (non-hydrogen) atoms. The van der Waals surface area contributed by atoms with Crippen molar-refractivity contribution >= 4 is 10.0 Å². The Hall–Kier alpha value is -0.910. The Kier molecular flexibility index (Phi) is 4.76. The summed E-state index contributed by atoms with van der Waals surface area (Å²) in [5.74, 6) is 0.530. The summed E-state index contributed by atoms with van der Waals surface area (Å²) in [6, 6.07) is 3.64. The highest BCUT2D eigenvalue weighted by molar-refractivity contribution is 7.89. The molecule has 1 aromatic rings. The van der Waals surface area contributed by atoms with E-state index in [9.17, 15) is 8.42 Å². The first-order valence-electron chi connectivity index (χ1n) is 7.59. The van der Waals surface area contributed by atoms with Gasteiger partial charge in [0.25, 0.3) is 0 Å². The second-order valence-corrected chi connectivity index (χ2v) is 8.22. The van der Waals surface area contributed by atoms with Crippen molar-refractivity contribution in [1.82, 2.24) is 4.31 Å². The van der Waals surface area contributed by atoms with Gasteiger partial charge < -0.3 is 5.73 Å². The molecule has 0 atom stereocenters. The average molecular weight is 310 g/mol. The lowest BCUT2D eigenvalue weighted by molar-refractivity contribution is 0.341. The molecule has 0 aromatic heterocycles. The molecule has 0 amide bonds. The van der Waals surface area contributed by atoms with Crippen LogP contribution in [-0.4, -0.2) is 25.3 Å². The van der Waals surface area contributed by atoms with Gasteiger partial charge in [0.15, 0.2) is 0 Å². The zero-order chi connectivity index (χ0) is 15.8. The van der Waals surface area contributed by atoms with E-state index in [0.717, 1.165) is 29.5 Å². The highest BCUT2D eigenvalue weighted by atomic mass is 32.2. The Morgan fingerprint density at radius 1 is 1.24 bits per heavy atom. The third-order valence-corrected chi connectivity index (χ3v) is 6.33. The molecule has 118 valence electrons. The normalized spacial score (nSPS) is 16.0. The van der Waals surface area contributed by atoms with Crippen LogP contribution in [0.3, 0.4) is 0 Å². The predicted octanol–water partition coefficient (Wildman–Crippen LogP) is 2.57. The average Bonchev–Trinajstić information content (AvgIpc) is 3.19. The van der Waals surface area contributed by atoms with E-state index in [-0.39, 0.29) is 6.04 Å². The molecule has 1 aliphatic rings. The van der Waals surface area contributed by atoms with Crippen molar-refractivity contribution in [2.24, 2.45) is 11.7 Å². The summed E-state index contributed by atoms with van der Waals surface area (Å²) in [5.41, 5.74) is 8.47. The van der Waals surface area contributed by atoms with Crippen molar-refractivity contribution < 1.29 is 8.42 Å². The molecule has 1 aromatic carbocycles. The van der Waals surface area contributed by atoms with Crippen LogP contribution in [0.1, 0.15) is 43.4 Å². The fraction of sp³-hybridized carbons (Fsp3) is 0.625. The monoisotopic (exact) mass is 310 g/mol. The van der Waals surface area contributed by atoms with Gasteiger partial charge in [0.1, 0.15) is 0 Å². The number of aryl methyl sites for hydroxylation is 2. The van der Waals surface area contributed by atoms with E-state index in [0.29, 0.717) is 23.9 Å². The molecule has 0 radical (unpaired) electrons. The summed E-state index contributed by atoms with van der Waals surface area (Å²) in [5, 5.41) is 0. The van der Waals surface area contributed by atoms with Crippen LogP contribution in [0, 0.1) is 19.8 Å². The summed E-state index contributed by atoms with van der Waals surface area (Å²) in [7, 11) is -3.46. The molecule has 2 rings (SSSR count). The van der Waals surface area contributed by atoms with Crippen molar-refractivity contribution in [1.29, 1.82) is 0 Å². The van der Waals surface area contributed by atoms with Crippen LogP contribution in [0.15, 0.2) is 17.0 Å². The van der Waals surface area contributed by atoms with Crippen LogP contribution in [0.25, 0.3) is 0 Å². The minimum absolute atomic E-state index is 0.0300. The molecular weight excluding hydrogens is 284 g/mol. The molecule has 1 saturated carbocycles. The maximum absolute atomic E-state index is 13.0. The van der Waals surface area contributed by atoms with Crippen LogP contribution in [0.4, 0.5) is 0 Å². The number of hydrogen-bond donors (Lipinski definition) is 1. The quantitative estimate of drug-likeness (QED) is 0.878. The first kappa shape index (κ1) is 16.5.